The summed E-state index contributed by atoms with van der Waals surface area (Å²) in [7, 11) is -1.84. The smallest absolute Gasteiger partial charge is 0.283 e. The fourth-order valence-electron chi connectivity index (χ4n) is 2.04. The van der Waals surface area contributed by atoms with Crippen LogP contribution in [0.2, 0.25) is 0 Å². The van der Waals surface area contributed by atoms with Gasteiger partial charge in [0.2, 0.25) is 5.91 Å². The fraction of sp³-hybridized carbons (Fsp3) is 0.917. The van der Waals surface area contributed by atoms with Crippen LogP contribution in [-0.4, -0.2) is 71.7 Å². The Kier molecular flexibility index (Phi) is 6.30. The molecule has 1 rings (SSSR count). The Morgan fingerprint density at radius 2 is 1.90 bits per heavy atom. The molecule has 0 aromatic rings. The first-order valence-electron chi connectivity index (χ1n) is 6.88. The topological polar surface area (TPSA) is 60.9 Å². The van der Waals surface area contributed by atoms with Gasteiger partial charge in [-0.15, -0.1) is 11.8 Å². The lowest BCUT2D eigenvalue weighted by molar-refractivity contribution is -0.134. The minimum absolute atomic E-state index is 0.0612. The molecule has 8 heteroatoms. The maximum atomic E-state index is 12.6. The molecule has 0 aliphatic carbocycles. The quantitative estimate of drug-likeness (QED) is 0.726. The van der Waals surface area contributed by atoms with Crippen LogP contribution in [-0.2, 0) is 15.0 Å². The summed E-state index contributed by atoms with van der Waals surface area (Å²) in [5.74, 6) is 0.748. The molecule has 6 nitrogen and oxygen atoms in total. The van der Waals surface area contributed by atoms with Crippen LogP contribution in [0.25, 0.3) is 0 Å². The molecule has 1 aliphatic heterocycles. The van der Waals surface area contributed by atoms with Gasteiger partial charge < -0.3 is 4.90 Å². The minimum atomic E-state index is -3.56. The monoisotopic (exact) mass is 323 g/mol. The third kappa shape index (κ3) is 3.47. The van der Waals surface area contributed by atoms with Crippen molar-refractivity contribution in [1.82, 2.24) is 13.5 Å². The van der Waals surface area contributed by atoms with Gasteiger partial charge in [0.05, 0.1) is 5.88 Å². The number of nitrogens with zero attached hydrogens (tertiary/aromatic N) is 3. The second kappa shape index (κ2) is 7.11. The summed E-state index contributed by atoms with van der Waals surface area (Å²) in [6, 6.07) is -0.524. The van der Waals surface area contributed by atoms with Crippen LogP contribution < -0.4 is 0 Å². The lowest BCUT2D eigenvalue weighted by Crippen LogP contribution is -2.53. The number of thioether (sulfide) groups is 1. The van der Waals surface area contributed by atoms with Crippen LogP contribution in [0.4, 0.5) is 0 Å². The molecule has 0 aromatic heterocycles. The van der Waals surface area contributed by atoms with Gasteiger partial charge in [-0.3, -0.25) is 4.79 Å². The highest BCUT2D eigenvalue weighted by atomic mass is 32.2. The highest BCUT2D eigenvalue weighted by molar-refractivity contribution is 8.00. The SMILES string of the molecule is CCN(CC)S(=O)(=O)N1CSC[C@H]1C(=O)N(C)C(C)C. The Hall–Kier alpha value is -0.310. The highest BCUT2D eigenvalue weighted by Crippen LogP contribution is 2.27. The second-order valence-electron chi connectivity index (χ2n) is 5.04. The molecular weight excluding hydrogens is 298 g/mol. The van der Waals surface area contributed by atoms with E-state index in [1.807, 2.05) is 13.8 Å². The lowest BCUT2D eigenvalue weighted by atomic mass is 10.2. The van der Waals surface area contributed by atoms with Crippen molar-refractivity contribution in [2.75, 3.05) is 31.8 Å². The normalized spacial score (nSPS) is 20.9. The van der Waals surface area contributed by atoms with Gasteiger partial charge in [-0.1, -0.05) is 13.8 Å². The summed E-state index contributed by atoms with van der Waals surface area (Å²) < 4.78 is 27.9. The van der Waals surface area contributed by atoms with E-state index in [9.17, 15) is 13.2 Å². The molecule has 0 unspecified atom stereocenters. The number of hydrogen-bond acceptors (Lipinski definition) is 4. The standard InChI is InChI=1S/C12H25N3O3S2/c1-6-14(7-2)20(17,18)15-9-19-8-11(15)12(16)13(5)10(3)4/h10-11H,6-9H2,1-5H3/t11-/m0/s1. The van der Waals surface area contributed by atoms with E-state index >= 15 is 0 Å². The summed E-state index contributed by atoms with van der Waals surface area (Å²) >= 11 is 1.49. The van der Waals surface area contributed by atoms with E-state index in [0.29, 0.717) is 24.7 Å². The van der Waals surface area contributed by atoms with E-state index in [4.69, 9.17) is 0 Å². The maximum Gasteiger partial charge on any atom is 0.283 e. The number of carbonyl (C=O) groups is 1. The minimum Gasteiger partial charge on any atom is -0.342 e. The van der Waals surface area contributed by atoms with Gasteiger partial charge in [-0.2, -0.15) is 17.0 Å². The highest BCUT2D eigenvalue weighted by Gasteiger charge is 2.42. The van der Waals surface area contributed by atoms with Crippen LogP contribution in [0.15, 0.2) is 0 Å². The summed E-state index contributed by atoms with van der Waals surface area (Å²) in [4.78, 5) is 14.0. The van der Waals surface area contributed by atoms with Gasteiger partial charge in [0, 0.05) is 31.9 Å². The number of likely N-dealkylation sites (N-methyl/N-ethyl adjacent to an activating group) is 1. The van der Waals surface area contributed by atoms with Gasteiger partial charge in [-0.05, 0) is 13.8 Å². The molecule has 0 aromatic carbocycles. The molecule has 1 atom stereocenters. The maximum absolute atomic E-state index is 12.6. The molecule has 20 heavy (non-hydrogen) atoms. The van der Waals surface area contributed by atoms with E-state index in [2.05, 4.69) is 0 Å². The molecule has 1 amide bonds. The van der Waals surface area contributed by atoms with Gasteiger partial charge in [-0.25, -0.2) is 0 Å². The molecule has 0 radical (unpaired) electrons. The summed E-state index contributed by atoms with van der Waals surface area (Å²) in [5.41, 5.74) is 0. The first-order chi connectivity index (χ1) is 9.27. The Balaban J connectivity index is 2.98. The van der Waals surface area contributed by atoms with E-state index in [1.165, 1.54) is 20.4 Å². The molecule has 1 fully saturated rings. The Bertz CT molecular complexity index is 435. The number of hydrogen-bond donors (Lipinski definition) is 0. The second-order valence-corrected chi connectivity index (χ2v) is 7.92. The van der Waals surface area contributed by atoms with Gasteiger partial charge in [0.1, 0.15) is 6.04 Å². The van der Waals surface area contributed by atoms with Crippen molar-refractivity contribution in [2.45, 2.75) is 39.8 Å². The molecule has 0 bridgehead atoms. The summed E-state index contributed by atoms with van der Waals surface area (Å²) in [5, 5.41) is 0. The Labute approximate surface area is 126 Å². The first kappa shape index (κ1) is 17.7. The van der Waals surface area contributed by atoms with Crippen molar-refractivity contribution in [3.8, 4) is 0 Å². The van der Waals surface area contributed by atoms with Gasteiger partial charge in [0.15, 0.2) is 0 Å². The van der Waals surface area contributed by atoms with E-state index in [-0.39, 0.29) is 11.9 Å². The van der Waals surface area contributed by atoms with Crippen LogP contribution in [0.1, 0.15) is 27.7 Å². The van der Waals surface area contributed by atoms with Crippen LogP contribution in [0, 0.1) is 0 Å². The van der Waals surface area contributed by atoms with Crippen molar-refractivity contribution in [2.24, 2.45) is 0 Å². The predicted octanol–water partition coefficient (Wildman–Crippen LogP) is 0.815. The van der Waals surface area contributed by atoms with Gasteiger partial charge in [0.25, 0.3) is 10.2 Å². The molecular formula is C12H25N3O3S2. The van der Waals surface area contributed by atoms with Crippen LogP contribution in [0.3, 0.4) is 0 Å². The molecule has 1 saturated heterocycles. The average Bonchev–Trinajstić information content (AvgIpc) is 2.87. The zero-order valence-corrected chi connectivity index (χ0v) is 14.5. The molecule has 0 saturated carbocycles. The van der Waals surface area contributed by atoms with Crippen molar-refractivity contribution in [3.05, 3.63) is 0 Å². The zero-order chi connectivity index (χ0) is 15.5. The molecule has 1 heterocycles. The molecule has 0 N–H and O–H groups in total. The zero-order valence-electron chi connectivity index (χ0n) is 12.9. The summed E-state index contributed by atoms with van der Waals surface area (Å²) in [6.07, 6.45) is 0. The third-order valence-corrected chi connectivity index (χ3v) is 6.90. The van der Waals surface area contributed by atoms with E-state index in [1.54, 1.807) is 25.8 Å². The van der Waals surface area contributed by atoms with Crippen molar-refractivity contribution >= 4 is 27.9 Å². The largest absolute Gasteiger partial charge is 0.342 e. The number of rotatable bonds is 6. The fourth-order valence-corrected chi connectivity index (χ4v) is 5.33. The molecule has 1 aliphatic rings. The molecule has 0 spiro atoms. The third-order valence-electron chi connectivity index (χ3n) is 3.58. The van der Waals surface area contributed by atoms with Crippen LogP contribution in [0.5, 0.6) is 0 Å². The van der Waals surface area contributed by atoms with Crippen molar-refractivity contribution < 1.29 is 13.2 Å². The van der Waals surface area contributed by atoms with E-state index in [0.717, 1.165) is 0 Å². The summed E-state index contributed by atoms with van der Waals surface area (Å²) in [6.45, 7) is 8.29. The van der Waals surface area contributed by atoms with Gasteiger partial charge >= 0.3 is 0 Å². The lowest BCUT2D eigenvalue weighted by Gasteiger charge is -2.31. The van der Waals surface area contributed by atoms with E-state index < -0.39 is 16.3 Å². The van der Waals surface area contributed by atoms with Crippen molar-refractivity contribution in [3.63, 3.8) is 0 Å². The first-order valence-corrected chi connectivity index (χ1v) is 9.43. The molecule has 118 valence electrons. The Morgan fingerprint density at radius 1 is 1.35 bits per heavy atom. The van der Waals surface area contributed by atoms with Crippen molar-refractivity contribution in [1.29, 1.82) is 0 Å². The number of carbonyl (C=O) groups excluding carboxylic acids is 1. The number of amides is 1. The Morgan fingerprint density at radius 3 is 2.35 bits per heavy atom. The van der Waals surface area contributed by atoms with Crippen LogP contribution >= 0.6 is 11.8 Å². The predicted molar refractivity (Wildman–Crippen MR) is 82.7 cm³/mol. The average molecular weight is 323 g/mol.